The van der Waals surface area contributed by atoms with E-state index < -0.39 is 6.04 Å². The first-order chi connectivity index (χ1) is 13.4. The molecule has 0 bridgehead atoms. The van der Waals surface area contributed by atoms with Crippen molar-refractivity contribution in [3.8, 4) is 0 Å². The lowest BCUT2D eigenvalue weighted by molar-refractivity contribution is -0.148. The monoisotopic (exact) mass is 402 g/mol. The van der Waals surface area contributed by atoms with Gasteiger partial charge in [-0.3, -0.25) is 19.3 Å². The summed E-state index contributed by atoms with van der Waals surface area (Å²) in [4.78, 5) is 39.9. The van der Waals surface area contributed by atoms with Gasteiger partial charge in [0, 0.05) is 11.6 Å². The van der Waals surface area contributed by atoms with Crippen LogP contribution < -0.4 is 5.32 Å². The number of fused-ring (bicyclic) bond motifs is 1. The van der Waals surface area contributed by atoms with Crippen molar-refractivity contribution in [1.82, 2.24) is 10.2 Å². The minimum atomic E-state index is -0.740. The number of imide groups is 1. The summed E-state index contributed by atoms with van der Waals surface area (Å²) in [5.74, 6) is -1.08. The molecule has 0 aromatic heterocycles. The number of hydrogen-bond donors (Lipinski definition) is 1. The molecule has 5 nitrogen and oxygen atoms in total. The van der Waals surface area contributed by atoms with Crippen molar-refractivity contribution in [2.45, 2.75) is 45.6 Å². The van der Waals surface area contributed by atoms with Gasteiger partial charge in [-0.25, -0.2) is 0 Å². The van der Waals surface area contributed by atoms with Crippen LogP contribution in [0.4, 0.5) is 0 Å². The fourth-order valence-electron chi connectivity index (χ4n) is 4.01. The van der Waals surface area contributed by atoms with Crippen LogP contribution in [0, 0.1) is 17.8 Å². The summed E-state index contributed by atoms with van der Waals surface area (Å²) in [6.07, 6.45) is 6.21. The molecule has 6 heteroatoms. The van der Waals surface area contributed by atoms with Crippen LogP contribution in [0.15, 0.2) is 36.4 Å². The smallest absolute Gasteiger partial charge is 0.243 e. The van der Waals surface area contributed by atoms with E-state index in [1.165, 1.54) is 4.90 Å². The molecular formula is C22H27ClN2O3. The van der Waals surface area contributed by atoms with E-state index >= 15 is 0 Å². The number of carbonyl (C=O) groups excluding carboxylic acids is 3. The summed E-state index contributed by atoms with van der Waals surface area (Å²) in [7, 11) is 0. The number of halogens is 1. The van der Waals surface area contributed by atoms with Crippen LogP contribution in [-0.4, -0.2) is 35.2 Å². The van der Waals surface area contributed by atoms with Crippen molar-refractivity contribution >= 4 is 29.3 Å². The average Bonchev–Trinajstić information content (AvgIpc) is 2.92. The minimum absolute atomic E-state index is 0.188. The fraction of sp³-hybridized carbons (Fsp3) is 0.500. The molecule has 0 saturated carbocycles. The van der Waals surface area contributed by atoms with Gasteiger partial charge in [-0.1, -0.05) is 49.7 Å². The quantitative estimate of drug-likeness (QED) is 0.561. The lowest BCUT2D eigenvalue weighted by Crippen LogP contribution is -2.51. The van der Waals surface area contributed by atoms with E-state index in [0.29, 0.717) is 37.3 Å². The zero-order valence-electron chi connectivity index (χ0n) is 16.4. The Balaban J connectivity index is 1.67. The molecule has 1 fully saturated rings. The summed E-state index contributed by atoms with van der Waals surface area (Å²) in [6.45, 7) is 4.43. The predicted octanol–water partition coefficient (Wildman–Crippen LogP) is 3.36. The van der Waals surface area contributed by atoms with Gasteiger partial charge in [0.05, 0.1) is 11.8 Å². The van der Waals surface area contributed by atoms with Gasteiger partial charge in [0.2, 0.25) is 17.7 Å². The Morgan fingerprint density at radius 2 is 1.68 bits per heavy atom. The molecular weight excluding hydrogens is 376 g/mol. The number of carbonyl (C=O) groups is 3. The first kappa shape index (κ1) is 20.6. The number of likely N-dealkylation sites (tertiary alicyclic amines) is 1. The van der Waals surface area contributed by atoms with Crippen LogP contribution in [0.1, 0.15) is 38.7 Å². The highest BCUT2D eigenvalue weighted by atomic mass is 35.5. The van der Waals surface area contributed by atoms with Crippen LogP contribution in [0.2, 0.25) is 5.02 Å². The Morgan fingerprint density at radius 3 is 2.21 bits per heavy atom. The first-order valence-electron chi connectivity index (χ1n) is 9.92. The van der Waals surface area contributed by atoms with E-state index in [4.69, 9.17) is 11.6 Å². The molecule has 1 heterocycles. The standard InChI is InChI=1S/C22H27ClN2O3/c1-14(2)13-19(20(26)24-12-11-15-7-9-16(23)10-8-15)25-21(27)17-5-3-4-6-18(17)22(25)28/h3-4,7-10,14,17-19H,5-6,11-13H2,1-2H3,(H,24,26). The Morgan fingerprint density at radius 1 is 1.11 bits per heavy atom. The SMILES string of the molecule is CC(C)CC(C(=O)NCCc1ccc(Cl)cc1)N1C(=O)C2CC=CCC2C1=O. The van der Waals surface area contributed by atoms with Crippen LogP contribution in [-0.2, 0) is 20.8 Å². The second-order valence-electron chi connectivity index (χ2n) is 8.02. The Kier molecular flexibility index (Phi) is 6.55. The molecule has 1 saturated heterocycles. The number of allylic oxidation sites excluding steroid dienone is 2. The third-order valence-electron chi connectivity index (χ3n) is 5.48. The van der Waals surface area contributed by atoms with Gasteiger partial charge in [-0.15, -0.1) is 0 Å². The highest BCUT2D eigenvalue weighted by Crippen LogP contribution is 2.37. The number of amides is 3. The molecule has 1 aliphatic carbocycles. The van der Waals surface area contributed by atoms with Gasteiger partial charge >= 0.3 is 0 Å². The molecule has 1 aromatic carbocycles. The molecule has 1 aromatic rings. The molecule has 0 spiro atoms. The highest BCUT2D eigenvalue weighted by molar-refractivity contribution is 6.30. The van der Waals surface area contributed by atoms with Gasteiger partial charge in [0.25, 0.3) is 0 Å². The summed E-state index contributed by atoms with van der Waals surface area (Å²) >= 11 is 5.89. The van der Waals surface area contributed by atoms with Crippen molar-refractivity contribution in [2.75, 3.05) is 6.54 Å². The van der Waals surface area contributed by atoms with E-state index in [0.717, 1.165) is 5.56 Å². The van der Waals surface area contributed by atoms with Crippen molar-refractivity contribution in [1.29, 1.82) is 0 Å². The highest BCUT2D eigenvalue weighted by Gasteiger charge is 2.51. The number of nitrogens with zero attached hydrogens (tertiary/aromatic N) is 1. The maximum atomic E-state index is 12.9. The number of benzene rings is 1. The molecule has 3 atom stereocenters. The minimum Gasteiger partial charge on any atom is -0.354 e. The number of hydrogen-bond acceptors (Lipinski definition) is 3. The van der Waals surface area contributed by atoms with Crippen LogP contribution in [0.5, 0.6) is 0 Å². The molecule has 3 rings (SSSR count). The maximum absolute atomic E-state index is 12.9. The van der Waals surface area contributed by atoms with Crippen LogP contribution >= 0.6 is 11.6 Å². The molecule has 28 heavy (non-hydrogen) atoms. The zero-order chi connectivity index (χ0) is 20.3. The second-order valence-corrected chi connectivity index (χ2v) is 8.45. The van der Waals surface area contributed by atoms with E-state index in [1.54, 1.807) is 0 Å². The van der Waals surface area contributed by atoms with Crippen LogP contribution in [0.3, 0.4) is 0 Å². The Hall–Kier alpha value is -2.14. The number of nitrogens with one attached hydrogen (secondary N) is 1. The van der Waals surface area contributed by atoms with Crippen LogP contribution in [0.25, 0.3) is 0 Å². The average molecular weight is 403 g/mol. The van der Waals surface area contributed by atoms with Gasteiger partial charge in [0.15, 0.2) is 0 Å². The second kappa shape index (κ2) is 8.91. The third kappa shape index (κ3) is 4.46. The van der Waals surface area contributed by atoms with E-state index in [9.17, 15) is 14.4 Å². The van der Waals surface area contributed by atoms with Crippen molar-refractivity contribution in [3.63, 3.8) is 0 Å². The Bertz CT molecular complexity index is 746. The number of rotatable bonds is 7. The molecule has 2 aliphatic rings. The van der Waals surface area contributed by atoms with Crippen molar-refractivity contribution < 1.29 is 14.4 Å². The fourth-order valence-corrected chi connectivity index (χ4v) is 4.13. The largest absolute Gasteiger partial charge is 0.354 e. The first-order valence-corrected chi connectivity index (χ1v) is 10.3. The topological polar surface area (TPSA) is 66.5 Å². The lowest BCUT2D eigenvalue weighted by Gasteiger charge is -2.27. The van der Waals surface area contributed by atoms with Crippen molar-refractivity contribution in [2.24, 2.45) is 17.8 Å². The Labute approximate surface area is 171 Å². The molecule has 3 unspecified atom stereocenters. The van der Waals surface area contributed by atoms with Gasteiger partial charge in [0.1, 0.15) is 6.04 Å². The summed E-state index contributed by atoms with van der Waals surface area (Å²) < 4.78 is 0. The zero-order valence-corrected chi connectivity index (χ0v) is 17.1. The summed E-state index contributed by atoms with van der Waals surface area (Å²) in [5.41, 5.74) is 1.07. The lowest BCUT2D eigenvalue weighted by atomic mass is 9.85. The molecule has 1 N–H and O–H groups in total. The van der Waals surface area contributed by atoms with Gasteiger partial charge in [-0.2, -0.15) is 0 Å². The molecule has 3 amide bonds. The third-order valence-corrected chi connectivity index (χ3v) is 5.73. The molecule has 0 radical (unpaired) electrons. The van der Waals surface area contributed by atoms with Gasteiger partial charge in [-0.05, 0) is 49.3 Å². The normalized spacial score (nSPS) is 22.5. The van der Waals surface area contributed by atoms with Gasteiger partial charge < -0.3 is 5.32 Å². The molecule has 1 aliphatic heterocycles. The summed E-state index contributed by atoms with van der Waals surface area (Å²) in [5, 5.41) is 3.59. The van der Waals surface area contributed by atoms with E-state index in [-0.39, 0.29) is 35.5 Å². The van der Waals surface area contributed by atoms with E-state index in [2.05, 4.69) is 5.32 Å². The van der Waals surface area contributed by atoms with Crippen molar-refractivity contribution in [3.05, 3.63) is 47.0 Å². The maximum Gasteiger partial charge on any atom is 0.243 e. The summed E-state index contributed by atoms with van der Waals surface area (Å²) in [6, 6.07) is 6.74. The predicted molar refractivity (Wildman–Crippen MR) is 109 cm³/mol. The van der Waals surface area contributed by atoms with E-state index in [1.807, 2.05) is 50.3 Å². The molecule has 150 valence electrons.